The van der Waals surface area contributed by atoms with Crippen molar-refractivity contribution >= 4 is 33.1 Å². The number of aromatic nitrogens is 1. The first-order chi connectivity index (χ1) is 9.42. The summed E-state index contributed by atoms with van der Waals surface area (Å²) < 4.78 is 39.7. The molecule has 0 atom stereocenters. The second-order valence-corrected chi connectivity index (χ2v) is 5.87. The maximum absolute atomic E-state index is 13.5. The first kappa shape index (κ1) is 14.5. The standard InChI is InChI=1S/C11H10ClFN4O2S/c12-7-1-3-9(13)10(5-7)17-20(18,19)8-2-4-11(16-14)15-6-8/h1-6,17H,14H2,(H,15,16). The highest BCUT2D eigenvalue weighted by atomic mass is 35.5. The van der Waals surface area contributed by atoms with Gasteiger partial charge < -0.3 is 5.43 Å². The lowest BCUT2D eigenvalue weighted by Crippen LogP contribution is -2.15. The Morgan fingerprint density at radius 1 is 1.25 bits per heavy atom. The molecule has 106 valence electrons. The monoisotopic (exact) mass is 316 g/mol. The zero-order valence-corrected chi connectivity index (χ0v) is 11.5. The fourth-order valence-electron chi connectivity index (χ4n) is 1.40. The highest BCUT2D eigenvalue weighted by Gasteiger charge is 2.17. The summed E-state index contributed by atoms with van der Waals surface area (Å²) in [6.07, 6.45) is 1.10. The second-order valence-electron chi connectivity index (χ2n) is 3.75. The van der Waals surface area contributed by atoms with E-state index in [4.69, 9.17) is 17.4 Å². The van der Waals surface area contributed by atoms with Crippen LogP contribution >= 0.6 is 11.6 Å². The topological polar surface area (TPSA) is 97.1 Å². The molecule has 2 rings (SSSR count). The second kappa shape index (κ2) is 5.61. The number of rotatable bonds is 4. The number of sulfonamides is 1. The average Bonchev–Trinajstić information content (AvgIpc) is 2.43. The number of nitrogen functional groups attached to an aromatic ring is 1. The molecule has 1 aromatic carbocycles. The maximum atomic E-state index is 13.5. The normalized spacial score (nSPS) is 11.2. The number of anilines is 2. The maximum Gasteiger partial charge on any atom is 0.263 e. The minimum atomic E-state index is -3.96. The number of hydrogen-bond donors (Lipinski definition) is 3. The fraction of sp³-hybridized carbons (Fsp3) is 0. The molecular formula is C11H10ClFN4O2S. The van der Waals surface area contributed by atoms with Crippen LogP contribution in [0.3, 0.4) is 0 Å². The molecule has 20 heavy (non-hydrogen) atoms. The number of pyridine rings is 1. The fourth-order valence-corrected chi connectivity index (χ4v) is 2.58. The van der Waals surface area contributed by atoms with Crippen LogP contribution in [-0.2, 0) is 10.0 Å². The summed E-state index contributed by atoms with van der Waals surface area (Å²) in [5.41, 5.74) is 2.03. The van der Waals surface area contributed by atoms with E-state index >= 15 is 0 Å². The third kappa shape index (κ3) is 3.16. The lowest BCUT2D eigenvalue weighted by molar-refractivity contribution is 0.598. The molecule has 0 aliphatic rings. The molecule has 6 nitrogen and oxygen atoms in total. The number of hydrogen-bond acceptors (Lipinski definition) is 5. The van der Waals surface area contributed by atoms with E-state index in [9.17, 15) is 12.8 Å². The van der Waals surface area contributed by atoms with Gasteiger partial charge in [0.25, 0.3) is 10.0 Å². The van der Waals surface area contributed by atoms with Crippen molar-refractivity contribution in [1.29, 1.82) is 0 Å². The van der Waals surface area contributed by atoms with Crippen molar-refractivity contribution in [3.8, 4) is 0 Å². The molecule has 0 unspecified atom stereocenters. The molecule has 0 aliphatic carbocycles. The Balaban J connectivity index is 2.32. The minimum absolute atomic E-state index is 0.129. The molecule has 9 heteroatoms. The van der Waals surface area contributed by atoms with Gasteiger partial charge >= 0.3 is 0 Å². The van der Waals surface area contributed by atoms with Crippen molar-refractivity contribution in [3.63, 3.8) is 0 Å². The molecule has 4 N–H and O–H groups in total. The summed E-state index contributed by atoms with van der Waals surface area (Å²) in [7, 11) is -3.96. The van der Waals surface area contributed by atoms with Crippen LogP contribution < -0.4 is 16.0 Å². The molecule has 0 aliphatic heterocycles. The van der Waals surface area contributed by atoms with Crippen LogP contribution in [0.2, 0.25) is 5.02 Å². The van der Waals surface area contributed by atoms with Gasteiger partial charge in [0.05, 0.1) is 5.69 Å². The summed E-state index contributed by atoms with van der Waals surface area (Å²) in [5.74, 6) is 4.70. The van der Waals surface area contributed by atoms with Crippen LogP contribution in [0, 0.1) is 5.82 Å². The van der Waals surface area contributed by atoms with Gasteiger partial charge in [0.2, 0.25) is 0 Å². The largest absolute Gasteiger partial charge is 0.308 e. The number of nitrogens with two attached hydrogens (primary N) is 1. The lowest BCUT2D eigenvalue weighted by Gasteiger charge is -2.09. The molecule has 0 spiro atoms. The zero-order valence-electron chi connectivity index (χ0n) is 9.97. The Hall–Kier alpha value is -1.90. The molecule has 2 aromatic rings. The number of halogens is 2. The van der Waals surface area contributed by atoms with Crippen molar-refractivity contribution in [2.24, 2.45) is 5.84 Å². The Bertz CT molecular complexity index is 722. The molecular weight excluding hydrogens is 307 g/mol. The Morgan fingerprint density at radius 3 is 2.60 bits per heavy atom. The van der Waals surface area contributed by atoms with E-state index in [2.05, 4.69) is 15.1 Å². The highest BCUT2D eigenvalue weighted by molar-refractivity contribution is 7.92. The molecule has 0 radical (unpaired) electrons. The minimum Gasteiger partial charge on any atom is -0.308 e. The molecule has 0 fully saturated rings. The van der Waals surface area contributed by atoms with E-state index in [-0.39, 0.29) is 15.6 Å². The van der Waals surface area contributed by atoms with Crippen molar-refractivity contribution in [3.05, 3.63) is 47.4 Å². The molecule has 0 saturated carbocycles. The van der Waals surface area contributed by atoms with Crippen LogP contribution in [0.4, 0.5) is 15.9 Å². The van der Waals surface area contributed by atoms with E-state index in [0.717, 1.165) is 12.3 Å². The number of hydrazine groups is 1. The van der Waals surface area contributed by atoms with Crippen LogP contribution in [-0.4, -0.2) is 13.4 Å². The summed E-state index contributed by atoms with van der Waals surface area (Å²) in [6.45, 7) is 0. The predicted octanol–water partition coefficient (Wildman–Crippen LogP) is 1.96. The first-order valence-electron chi connectivity index (χ1n) is 5.33. The van der Waals surface area contributed by atoms with Gasteiger partial charge in [0, 0.05) is 11.2 Å². The van der Waals surface area contributed by atoms with Gasteiger partial charge in [-0.25, -0.2) is 23.6 Å². The third-order valence-corrected chi connectivity index (χ3v) is 3.95. The number of benzene rings is 1. The van der Waals surface area contributed by atoms with Crippen molar-refractivity contribution < 1.29 is 12.8 Å². The van der Waals surface area contributed by atoms with Crippen molar-refractivity contribution in [2.45, 2.75) is 4.90 Å². The lowest BCUT2D eigenvalue weighted by atomic mass is 10.3. The Labute approximate surface area is 119 Å². The number of nitrogens with zero attached hydrogens (tertiary/aromatic N) is 1. The van der Waals surface area contributed by atoms with Crippen molar-refractivity contribution in [1.82, 2.24) is 4.98 Å². The van der Waals surface area contributed by atoms with Crippen LogP contribution in [0.5, 0.6) is 0 Å². The van der Waals surface area contributed by atoms with Gasteiger partial charge in [-0.3, -0.25) is 4.72 Å². The molecule has 0 amide bonds. The van der Waals surface area contributed by atoms with Crippen molar-refractivity contribution in [2.75, 3.05) is 10.1 Å². The van der Waals surface area contributed by atoms with Crippen LogP contribution in [0.25, 0.3) is 0 Å². The third-order valence-electron chi connectivity index (χ3n) is 2.37. The zero-order chi connectivity index (χ0) is 14.8. The van der Waals surface area contributed by atoms with Crippen LogP contribution in [0.1, 0.15) is 0 Å². The summed E-state index contributed by atoms with van der Waals surface area (Å²) in [5, 5.41) is 0.213. The SMILES string of the molecule is NNc1ccc(S(=O)(=O)Nc2cc(Cl)ccc2F)cn1. The van der Waals surface area contributed by atoms with E-state index in [0.29, 0.717) is 5.82 Å². The van der Waals surface area contributed by atoms with Gasteiger partial charge in [-0.05, 0) is 30.3 Å². The summed E-state index contributed by atoms with van der Waals surface area (Å²) in [6, 6.07) is 6.23. The first-order valence-corrected chi connectivity index (χ1v) is 7.19. The molecule has 0 bridgehead atoms. The number of nitrogens with one attached hydrogen (secondary N) is 2. The van der Waals surface area contributed by atoms with Crippen LogP contribution in [0.15, 0.2) is 41.4 Å². The van der Waals surface area contributed by atoms with Gasteiger partial charge in [0.15, 0.2) is 0 Å². The Morgan fingerprint density at radius 2 is 2.00 bits per heavy atom. The quantitative estimate of drug-likeness (QED) is 0.592. The predicted molar refractivity (Wildman–Crippen MR) is 74.3 cm³/mol. The van der Waals surface area contributed by atoms with E-state index in [1.54, 1.807) is 0 Å². The average molecular weight is 317 g/mol. The summed E-state index contributed by atoms with van der Waals surface area (Å²) >= 11 is 5.70. The Kier molecular flexibility index (Phi) is 4.07. The van der Waals surface area contributed by atoms with Gasteiger partial charge in [-0.15, -0.1) is 0 Å². The van der Waals surface area contributed by atoms with E-state index < -0.39 is 15.8 Å². The molecule has 1 heterocycles. The van der Waals surface area contributed by atoms with Gasteiger partial charge in [-0.1, -0.05) is 11.6 Å². The summed E-state index contributed by atoms with van der Waals surface area (Å²) in [4.78, 5) is 3.64. The van der Waals surface area contributed by atoms with E-state index in [1.165, 1.54) is 24.3 Å². The smallest absolute Gasteiger partial charge is 0.263 e. The van der Waals surface area contributed by atoms with E-state index in [1.807, 2.05) is 0 Å². The van der Waals surface area contributed by atoms with Gasteiger partial charge in [0.1, 0.15) is 16.5 Å². The molecule has 1 aromatic heterocycles. The molecule has 0 saturated heterocycles. The highest BCUT2D eigenvalue weighted by Crippen LogP contribution is 2.22. The van der Waals surface area contributed by atoms with Gasteiger partial charge in [-0.2, -0.15) is 0 Å².